The van der Waals surface area contributed by atoms with E-state index in [-0.39, 0.29) is 34.7 Å². The van der Waals surface area contributed by atoms with E-state index in [2.05, 4.69) is 5.16 Å². The van der Waals surface area contributed by atoms with E-state index in [0.717, 1.165) is 11.6 Å². The lowest BCUT2D eigenvalue weighted by Crippen LogP contribution is -2.42. The number of rotatable bonds is 3. The number of phenols is 1. The fourth-order valence-electron chi connectivity index (χ4n) is 4.28. The Balaban J connectivity index is 1.69. The van der Waals surface area contributed by atoms with Crippen LogP contribution in [0.25, 0.3) is 11.3 Å². The van der Waals surface area contributed by atoms with Gasteiger partial charge in [-0.1, -0.05) is 28.9 Å². The number of nitrogens with zero attached hydrogens (tertiary/aromatic N) is 2. The topological polar surface area (TPSA) is 75.8 Å². The zero-order chi connectivity index (χ0) is 20.8. The first-order valence-corrected chi connectivity index (χ1v) is 10.1. The monoisotopic (exact) mass is 428 g/mol. The van der Waals surface area contributed by atoms with E-state index >= 15 is 0 Å². The van der Waals surface area contributed by atoms with Crippen LogP contribution >= 0.6 is 11.6 Å². The molecule has 1 saturated heterocycles. The maximum absolute atomic E-state index is 13.9. The summed E-state index contributed by atoms with van der Waals surface area (Å²) in [4.78, 5) is 15.1. The summed E-state index contributed by atoms with van der Waals surface area (Å²) in [5.41, 5.74) is 1.79. The van der Waals surface area contributed by atoms with Gasteiger partial charge >= 0.3 is 0 Å². The Morgan fingerprint density at radius 2 is 1.87 bits per heavy atom. The van der Waals surface area contributed by atoms with Gasteiger partial charge in [-0.25, -0.2) is 4.39 Å². The first kappa shape index (κ1) is 19.1. The summed E-state index contributed by atoms with van der Waals surface area (Å²) in [6.45, 7) is 1.14. The summed E-state index contributed by atoms with van der Waals surface area (Å²) >= 11 is 6.07. The number of aromatic hydroxyl groups is 1. The van der Waals surface area contributed by atoms with Crippen molar-refractivity contribution in [2.75, 3.05) is 13.2 Å². The van der Waals surface area contributed by atoms with Gasteiger partial charge in [0.2, 0.25) is 5.76 Å². The highest BCUT2D eigenvalue weighted by molar-refractivity contribution is 6.30. The Labute approximate surface area is 176 Å². The molecule has 2 aliphatic rings. The standard InChI is InChI=1S/C22H18ClFN2O4/c23-13-3-1-12(2-4-13)20-18-19(16-11-14(24)5-6-17(16)27)25-30-21(18)22(28)26(20)15-7-9-29-10-8-15/h1-6,11,15,20,27H,7-10H2/t20-/m1/s1. The minimum Gasteiger partial charge on any atom is -0.507 e. The van der Waals surface area contributed by atoms with E-state index in [4.69, 9.17) is 20.9 Å². The number of amides is 1. The van der Waals surface area contributed by atoms with Crippen molar-refractivity contribution in [3.05, 3.63) is 70.2 Å². The molecule has 1 atom stereocenters. The largest absolute Gasteiger partial charge is 0.507 e. The molecule has 0 saturated carbocycles. The van der Waals surface area contributed by atoms with Crippen LogP contribution in [0.15, 0.2) is 47.0 Å². The smallest absolute Gasteiger partial charge is 0.293 e. The predicted octanol–water partition coefficient (Wildman–Crippen LogP) is 4.56. The third-order valence-electron chi connectivity index (χ3n) is 5.69. The van der Waals surface area contributed by atoms with Crippen molar-refractivity contribution in [1.29, 1.82) is 0 Å². The summed E-state index contributed by atoms with van der Waals surface area (Å²) < 4.78 is 24.8. The number of hydrogen-bond acceptors (Lipinski definition) is 5. The van der Waals surface area contributed by atoms with Crippen molar-refractivity contribution in [3.8, 4) is 17.0 Å². The van der Waals surface area contributed by atoms with Crippen molar-refractivity contribution >= 4 is 17.5 Å². The lowest BCUT2D eigenvalue weighted by atomic mass is 9.94. The lowest BCUT2D eigenvalue weighted by Gasteiger charge is -2.36. The van der Waals surface area contributed by atoms with Gasteiger partial charge in [0, 0.05) is 29.8 Å². The van der Waals surface area contributed by atoms with E-state index < -0.39 is 11.9 Å². The number of carbonyl (C=O) groups excluding carboxylic acids is 1. The number of ether oxygens (including phenoxy) is 1. The summed E-state index contributed by atoms with van der Waals surface area (Å²) in [5.74, 6) is -0.820. The average molecular weight is 429 g/mol. The molecule has 8 heteroatoms. The maximum Gasteiger partial charge on any atom is 0.293 e. The molecule has 6 nitrogen and oxygen atoms in total. The van der Waals surface area contributed by atoms with Crippen LogP contribution < -0.4 is 0 Å². The summed E-state index contributed by atoms with van der Waals surface area (Å²) in [5, 5.41) is 14.9. The molecule has 5 rings (SSSR count). The third kappa shape index (κ3) is 3.05. The molecule has 0 unspecified atom stereocenters. The number of hydrogen-bond donors (Lipinski definition) is 1. The zero-order valence-electron chi connectivity index (χ0n) is 15.8. The van der Waals surface area contributed by atoms with Gasteiger partial charge in [0.05, 0.1) is 11.6 Å². The third-order valence-corrected chi connectivity index (χ3v) is 5.94. The lowest BCUT2D eigenvalue weighted by molar-refractivity contribution is 0.0233. The molecule has 0 radical (unpaired) electrons. The number of benzene rings is 2. The van der Waals surface area contributed by atoms with E-state index in [1.54, 1.807) is 17.0 Å². The quantitative estimate of drug-likeness (QED) is 0.661. The number of carbonyl (C=O) groups is 1. The second-order valence-corrected chi connectivity index (χ2v) is 7.88. The fraction of sp³-hybridized carbons (Fsp3) is 0.273. The minimum atomic E-state index is -0.520. The molecule has 1 aromatic heterocycles. The first-order valence-electron chi connectivity index (χ1n) is 9.69. The van der Waals surface area contributed by atoms with Gasteiger partial charge < -0.3 is 19.3 Å². The van der Waals surface area contributed by atoms with E-state index in [1.807, 2.05) is 12.1 Å². The van der Waals surface area contributed by atoms with Crippen LogP contribution in [0.5, 0.6) is 5.75 Å². The van der Waals surface area contributed by atoms with Crippen molar-refractivity contribution < 1.29 is 23.6 Å². The molecule has 30 heavy (non-hydrogen) atoms. The molecular weight excluding hydrogens is 411 g/mol. The minimum absolute atomic E-state index is 0.0384. The van der Waals surface area contributed by atoms with Crippen molar-refractivity contribution in [2.24, 2.45) is 0 Å². The molecule has 0 aliphatic carbocycles. The number of aromatic nitrogens is 1. The van der Waals surface area contributed by atoms with Crippen LogP contribution in [0.4, 0.5) is 4.39 Å². The Bertz CT molecular complexity index is 1110. The van der Waals surface area contributed by atoms with Gasteiger partial charge in [-0.05, 0) is 48.7 Å². The van der Waals surface area contributed by atoms with Gasteiger partial charge in [-0.2, -0.15) is 0 Å². The Hall–Kier alpha value is -2.90. The first-order chi connectivity index (χ1) is 14.5. The van der Waals surface area contributed by atoms with Crippen molar-refractivity contribution in [1.82, 2.24) is 10.1 Å². The van der Waals surface area contributed by atoms with Gasteiger partial charge in [-0.3, -0.25) is 4.79 Å². The summed E-state index contributed by atoms with van der Waals surface area (Å²) in [7, 11) is 0. The summed E-state index contributed by atoms with van der Waals surface area (Å²) in [6.07, 6.45) is 1.40. The molecule has 1 N–H and O–H groups in total. The normalized spacial score (nSPS) is 19.3. The molecule has 2 aromatic carbocycles. The van der Waals surface area contributed by atoms with Gasteiger partial charge in [0.25, 0.3) is 5.91 Å². The number of phenolic OH excluding ortho intramolecular Hbond substituents is 1. The van der Waals surface area contributed by atoms with Crippen LogP contribution in [0, 0.1) is 5.82 Å². The average Bonchev–Trinajstić information content (AvgIpc) is 3.30. The Kier molecular flexibility index (Phi) is 4.72. The van der Waals surface area contributed by atoms with Crippen LogP contribution in [-0.2, 0) is 4.74 Å². The molecule has 3 aromatic rings. The molecule has 3 heterocycles. The molecular formula is C22H18ClFN2O4. The summed E-state index contributed by atoms with van der Waals surface area (Å²) in [6, 6.07) is 10.3. The second kappa shape index (κ2) is 7.41. The predicted molar refractivity (Wildman–Crippen MR) is 107 cm³/mol. The Morgan fingerprint density at radius 1 is 1.13 bits per heavy atom. The van der Waals surface area contributed by atoms with Gasteiger partial charge in [0.1, 0.15) is 17.3 Å². The van der Waals surface area contributed by atoms with Crippen LogP contribution in [0.2, 0.25) is 5.02 Å². The van der Waals surface area contributed by atoms with E-state index in [0.29, 0.717) is 36.6 Å². The number of halogens is 2. The number of fused-ring (bicyclic) bond motifs is 1. The second-order valence-electron chi connectivity index (χ2n) is 7.45. The van der Waals surface area contributed by atoms with Crippen LogP contribution in [0.3, 0.4) is 0 Å². The Morgan fingerprint density at radius 3 is 2.60 bits per heavy atom. The van der Waals surface area contributed by atoms with E-state index in [9.17, 15) is 14.3 Å². The van der Waals surface area contributed by atoms with Gasteiger partial charge in [0.15, 0.2) is 0 Å². The maximum atomic E-state index is 13.9. The molecule has 2 aliphatic heterocycles. The van der Waals surface area contributed by atoms with Gasteiger partial charge in [-0.15, -0.1) is 0 Å². The fourth-order valence-corrected chi connectivity index (χ4v) is 4.41. The van der Waals surface area contributed by atoms with Crippen LogP contribution in [0.1, 0.15) is 40.6 Å². The van der Waals surface area contributed by atoms with Crippen LogP contribution in [-0.4, -0.2) is 40.3 Å². The molecule has 154 valence electrons. The van der Waals surface area contributed by atoms with E-state index in [1.165, 1.54) is 12.1 Å². The highest BCUT2D eigenvalue weighted by Crippen LogP contribution is 2.47. The molecule has 1 fully saturated rings. The highest BCUT2D eigenvalue weighted by Gasteiger charge is 2.47. The molecule has 0 spiro atoms. The molecule has 0 bridgehead atoms. The zero-order valence-corrected chi connectivity index (χ0v) is 16.6. The SMILES string of the molecule is O=C1c2onc(-c3cc(F)ccc3O)c2[C@@H](c2ccc(Cl)cc2)N1C1CCOCC1. The van der Waals surface area contributed by atoms with Crippen molar-refractivity contribution in [2.45, 2.75) is 24.9 Å². The molecule has 1 amide bonds. The highest BCUT2D eigenvalue weighted by atomic mass is 35.5. The van der Waals surface area contributed by atoms with Crippen molar-refractivity contribution in [3.63, 3.8) is 0 Å².